The van der Waals surface area contributed by atoms with Crippen molar-refractivity contribution in [2.75, 3.05) is 0 Å². The molecule has 17 heavy (non-hydrogen) atoms. The van der Waals surface area contributed by atoms with Gasteiger partial charge in [-0.25, -0.2) is 0 Å². The van der Waals surface area contributed by atoms with E-state index in [1.54, 1.807) is 12.3 Å². The quantitative estimate of drug-likeness (QED) is 0.589. The van der Waals surface area contributed by atoms with Gasteiger partial charge in [0, 0.05) is 17.1 Å². The zero-order valence-corrected chi connectivity index (χ0v) is 9.47. The van der Waals surface area contributed by atoms with Crippen molar-refractivity contribution in [3.63, 3.8) is 0 Å². The second-order valence-corrected chi connectivity index (χ2v) is 4.48. The maximum Gasteiger partial charge on any atom is 0.187 e. The van der Waals surface area contributed by atoms with Crippen LogP contribution in [0.25, 0.3) is 10.9 Å². The number of pyridine rings is 1. The maximum absolute atomic E-state index is 11.9. The average molecular weight is 223 g/mol. The minimum Gasteiger partial charge on any atom is -0.289 e. The lowest BCUT2D eigenvalue weighted by atomic mass is 10.1. The van der Waals surface area contributed by atoms with Crippen molar-refractivity contribution in [3.8, 4) is 0 Å². The molecule has 2 heteroatoms. The van der Waals surface area contributed by atoms with Gasteiger partial charge in [-0.1, -0.05) is 24.3 Å². The van der Waals surface area contributed by atoms with Crippen molar-refractivity contribution < 1.29 is 4.79 Å². The lowest BCUT2D eigenvalue weighted by molar-refractivity contribution is 0.104. The number of carbonyl (C=O) groups is 1. The zero-order chi connectivity index (χ0) is 11.7. The van der Waals surface area contributed by atoms with E-state index in [2.05, 4.69) is 4.98 Å². The summed E-state index contributed by atoms with van der Waals surface area (Å²) in [6.45, 7) is 0. The van der Waals surface area contributed by atoms with Crippen LogP contribution < -0.4 is 0 Å². The molecule has 1 saturated carbocycles. The molecule has 1 heterocycles. The van der Waals surface area contributed by atoms with E-state index in [9.17, 15) is 4.79 Å². The molecule has 2 nitrogen and oxygen atoms in total. The van der Waals surface area contributed by atoms with E-state index in [0.717, 1.165) is 10.9 Å². The smallest absolute Gasteiger partial charge is 0.187 e. The number of para-hydroxylation sites is 1. The minimum atomic E-state index is 0.0511. The summed E-state index contributed by atoms with van der Waals surface area (Å²) in [5, 5.41) is 1.01. The number of carbonyl (C=O) groups excluding carboxylic acids is 1. The van der Waals surface area contributed by atoms with Crippen LogP contribution in [0.3, 0.4) is 0 Å². The van der Waals surface area contributed by atoms with E-state index in [4.69, 9.17) is 0 Å². The standard InChI is InChI=1S/C15H13NO/c17-15(8-7-11-5-6-11)13-9-12-3-1-2-4-14(12)16-10-13/h1-4,7-11H,5-6H2. The fourth-order valence-electron chi connectivity index (χ4n) is 1.81. The monoisotopic (exact) mass is 223 g/mol. The molecule has 1 aliphatic rings. The van der Waals surface area contributed by atoms with E-state index in [0.29, 0.717) is 11.5 Å². The summed E-state index contributed by atoms with van der Waals surface area (Å²) in [6, 6.07) is 9.73. The summed E-state index contributed by atoms with van der Waals surface area (Å²) in [5.41, 5.74) is 1.59. The summed E-state index contributed by atoms with van der Waals surface area (Å²) in [7, 11) is 0. The number of hydrogen-bond donors (Lipinski definition) is 0. The highest BCUT2D eigenvalue weighted by Gasteiger charge is 2.17. The normalized spacial score (nSPS) is 15.5. The van der Waals surface area contributed by atoms with E-state index in [1.165, 1.54) is 12.8 Å². The largest absolute Gasteiger partial charge is 0.289 e. The Bertz CT molecular complexity index is 597. The van der Waals surface area contributed by atoms with Gasteiger partial charge < -0.3 is 0 Å². The first-order chi connectivity index (χ1) is 8.33. The molecule has 1 aliphatic carbocycles. The number of nitrogens with zero attached hydrogens (tertiary/aromatic N) is 1. The first-order valence-electron chi connectivity index (χ1n) is 5.90. The number of hydrogen-bond acceptors (Lipinski definition) is 2. The van der Waals surface area contributed by atoms with Gasteiger partial charge >= 0.3 is 0 Å². The van der Waals surface area contributed by atoms with Gasteiger partial charge in [-0.15, -0.1) is 0 Å². The molecule has 1 fully saturated rings. The average Bonchev–Trinajstić information content (AvgIpc) is 3.19. The third-order valence-corrected chi connectivity index (χ3v) is 3.02. The van der Waals surface area contributed by atoms with E-state index in [-0.39, 0.29) is 5.78 Å². The molecule has 0 bridgehead atoms. The zero-order valence-electron chi connectivity index (χ0n) is 9.47. The van der Waals surface area contributed by atoms with Gasteiger partial charge in [0.05, 0.1) is 5.52 Å². The van der Waals surface area contributed by atoms with Gasteiger partial charge in [0.2, 0.25) is 0 Å². The van der Waals surface area contributed by atoms with Crippen LogP contribution in [0.15, 0.2) is 48.7 Å². The van der Waals surface area contributed by atoms with Gasteiger partial charge in [-0.3, -0.25) is 9.78 Å². The van der Waals surface area contributed by atoms with Crippen molar-refractivity contribution in [1.82, 2.24) is 4.98 Å². The van der Waals surface area contributed by atoms with Crippen molar-refractivity contribution in [2.24, 2.45) is 5.92 Å². The molecule has 0 unspecified atom stereocenters. The maximum atomic E-state index is 11.9. The number of rotatable bonds is 3. The third kappa shape index (κ3) is 2.26. The summed E-state index contributed by atoms with van der Waals surface area (Å²) in [5.74, 6) is 0.683. The topological polar surface area (TPSA) is 30.0 Å². The first kappa shape index (κ1) is 10.2. The van der Waals surface area contributed by atoms with Crippen LogP contribution in [0.4, 0.5) is 0 Å². The van der Waals surface area contributed by atoms with Gasteiger partial charge in [-0.05, 0) is 37.0 Å². The van der Waals surface area contributed by atoms with Crippen molar-refractivity contribution in [2.45, 2.75) is 12.8 Å². The molecule has 3 rings (SSSR count). The number of fused-ring (bicyclic) bond motifs is 1. The summed E-state index contributed by atoms with van der Waals surface area (Å²) in [6.07, 6.45) is 7.79. The summed E-state index contributed by atoms with van der Waals surface area (Å²) >= 11 is 0. The van der Waals surface area contributed by atoms with E-state index >= 15 is 0 Å². The summed E-state index contributed by atoms with van der Waals surface area (Å²) in [4.78, 5) is 16.2. The van der Waals surface area contributed by atoms with E-state index < -0.39 is 0 Å². The second-order valence-electron chi connectivity index (χ2n) is 4.48. The van der Waals surface area contributed by atoms with Crippen LogP contribution in [0, 0.1) is 5.92 Å². The Morgan fingerprint density at radius 2 is 2.12 bits per heavy atom. The van der Waals surface area contributed by atoms with E-state index in [1.807, 2.05) is 36.4 Å². The summed E-state index contributed by atoms with van der Waals surface area (Å²) < 4.78 is 0. The van der Waals surface area contributed by atoms with Crippen LogP contribution in [-0.2, 0) is 0 Å². The van der Waals surface area contributed by atoms with Gasteiger partial charge in [0.1, 0.15) is 0 Å². The molecule has 0 atom stereocenters. The molecule has 0 aliphatic heterocycles. The van der Waals surface area contributed by atoms with Gasteiger partial charge in [0.25, 0.3) is 0 Å². The Morgan fingerprint density at radius 3 is 2.94 bits per heavy atom. The Balaban J connectivity index is 1.91. The second kappa shape index (κ2) is 4.13. The molecule has 1 aromatic heterocycles. The number of allylic oxidation sites excluding steroid dienone is 2. The molecule has 2 aromatic rings. The highest BCUT2D eigenvalue weighted by atomic mass is 16.1. The first-order valence-corrected chi connectivity index (χ1v) is 5.90. The van der Waals surface area contributed by atoms with Crippen LogP contribution in [0.2, 0.25) is 0 Å². The Labute approximate surface area is 100.0 Å². The molecule has 0 amide bonds. The van der Waals surface area contributed by atoms with Gasteiger partial charge in [-0.2, -0.15) is 0 Å². The Morgan fingerprint density at radius 1 is 1.29 bits per heavy atom. The molecular formula is C15H13NO. The fourth-order valence-corrected chi connectivity index (χ4v) is 1.81. The Hall–Kier alpha value is -1.96. The lowest BCUT2D eigenvalue weighted by Gasteiger charge is -1.99. The number of ketones is 1. The number of aromatic nitrogens is 1. The lowest BCUT2D eigenvalue weighted by Crippen LogP contribution is -1.95. The molecule has 0 spiro atoms. The van der Waals surface area contributed by atoms with Crippen LogP contribution >= 0.6 is 0 Å². The fraction of sp³-hybridized carbons (Fsp3) is 0.200. The SMILES string of the molecule is O=C(C=CC1CC1)c1cnc2ccccc2c1. The molecule has 0 radical (unpaired) electrons. The highest BCUT2D eigenvalue weighted by molar-refractivity contribution is 6.06. The van der Waals surface area contributed by atoms with Crippen molar-refractivity contribution in [3.05, 3.63) is 54.2 Å². The molecule has 1 aromatic carbocycles. The van der Waals surface area contributed by atoms with Gasteiger partial charge in [0.15, 0.2) is 5.78 Å². The molecule has 0 N–H and O–H groups in total. The molecule has 0 saturated heterocycles. The Kier molecular flexibility index (Phi) is 2.48. The molecule has 84 valence electrons. The molecular weight excluding hydrogens is 210 g/mol. The van der Waals surface area contributed by atoms with Crippen molar-refractivity contribution >= 4 is 16.7 Å². The predicted octanol–water partition coefficient (Wildman–Crippen LogP) is 3.38. The van der Waals surface area contributed by atoms with Crippen molar-refractivity contribution in [1.29, 1.82) is 0 Å². The predicted molar refractivity (Wildman–Crippen MR) is 67.9 cm³/mol. The third-order valence-electron chi connectivity index (χ3n) is 3.02. The number of benzene rings is 1. The van der Waals surface area contributed by atoms with Crippen LogP contribution in [0.1, 0.15) is 23.2 Å². The highest BCUT2D eigenvalue weighted by Crippen LogP contribution is 2.30. The van der Waals surface area contributed by atoms with Crippen LogP contribution in [0.5, 0.6) is 0 Å². The minimum absolute atomic E-state index is 0.0511. The van der Waals surface area contributed by atoms with Crippen LogP contribution in [-0.4, -0.2) is 10.8 Å².